The number of halogens is 1. The number of hydrogen-bond donors (Lipinski definition) is 1. The Morgan fingerprint density at radius 3 is 2.50 bits per heavy atom. The second-order valence-corrected chi connectivity index (χ2v) is 2.86. The van der Waals surface area contributed by atoms with Crippen LogP contribution in [0.15, 0.2) is 30.3 Å². The maximum atomic E-state index is 14.0. The van der Waals surface area contributed by atoms with Crippen LogP contribution in [-0.4, -0.2) is 19.6 Å². The molecule has 1 aromatic carbocycles. The van der Waals surface area contributed by atoms with Gasteiger partial charge < -0.3 is 10.5 Å². The van der Waals surface area contributed by atoms with Gasteiger partial charge in [-0.25, -0.2) is 9.18 Å². The molecule has 76 valence electrons. The second-order valence-electron chi connectivity index (χ2n) is 2.86. The average molecular weight is 197 g/mol. The molecule has 14 heavy (non-hydrogen) atoms. The summed E-state index contributed by atoms with van der Waals surface area (Å²) in [6.07, 6.45) is 0. The summed E-state index contributed by atoms with van der Waals surface area (Å²) in [7, 11) is 1.13. The van der Waals surface area contributed by atoms with Gasteiger partial charge in [-0.1, -0.05) is 30.3 Å². The molecule has 3 nitrogen and oxygen atoms in total. The van der Waals surface area contributed by atoms with Crippen molar-refractivity contribution in [2.24, 2.45) is 5.73 Å². The van der Waals surface area contributed by atoms with E-state index in [-0.39, 0.29) is 5.56 Å². The lowest BCUT2D eigenvalue weighted by Gasteiger charge is -2.20. The zero-order valence-corrected chi connectivity index (χ0v) is 7.87. The third-order valence-corrected chi connectivity index (χ3v) is 2.02. The number of methoxy groups -OCH3 is 1. The van der Waals surface area contributed by atoms with Crippen LogP contribution in [-0.2, 0) is 15.2 Å². The number of esters is 1. The number of hydrogen-bond acceptors (Lipinski definition) is 3. The molecule has 0 spiro atoms. The number of rotatable bonds is 3. The van der Waals surface area contributed by atoms with Crippen LogP contribution in [0.25, 0.3) is 0 Å². The highest BCUT2D eigenvalue weighted by atomic mass is 19.1. The van der Waals surface area contributed by atoms with Gasteiger partial charge in [-0.3, -0.25) is 0 Å². The van der Waals surface area contributed by atoms with E-state index in [9.17, 15) is 9.18 Å². The van der Waals surface area contributed by atoms with Crippen molar-refractivity contribution in [1.82, 2.24) is 0 Å². The number of ether oxygens (including phenoxy) is 1. The molecule has 0 aromatic heterocycles. The highest BCUT2D eigenvalue weighted by Crippen LogP contribution is 2.25. The standard InChI is InChI=1S/C10H12FNO2/c1-14-9(13)10(11,7-12)8-5-3-2-4-6-8/h2-6H,7,12H2,1H3. The summed E-state index contributed by atoms with van der Waals surface area (Å²) < 4.78 is 18.4. The molecule has 1 unspecified atom stereocenters. The van der Waals surface area contributed by atoms with E-state index in [2.05, 4.69) is 4.74 Å². The van der Waals surface area contributed by atoms with E-state index in [1.165, 1.54) is 12.1 Å². The molecule has 0 aliphatic rings. The van der Waals surface area contributed by atoms with E-state index >= 15 is 0 Å². The summed E-state index contributed by atoms with van der Waals surface area (Å²) in [6, 6.07) is 8.02. The van der Waals surface area contributed by atoms with E-state index in [1.54, 1.807) is 18.2 Å². The van der Waals surface area contributed by atoms with Gasteiger partial charge in [-0.15, -0.1) is 0 Å². The fourth-order valence-electron chi connectivity index (χ4n) is 1.18. The summed E-state index contributed by atoms with van der Waals surface area (Å²) in [5.74, 6) is -0.966. The molecule has 0 fully saturated rings. The van der Waals surface area contributed by atoms with Crippen LogP contribution in [0.5, 0.6) is 0 Å². The van der Waals surface area contributed by atoms with Crippen LogP contribution in [0.1, 0.15) is 5.56 Å². The van der Waals surface area contributed by atoms with Gasteiger partial charge in [0.05, 0.1) is 7.11 Å². The van der Waals surface area contributed by atoms with E-state index < -0.39 is 18.2 Å². The minimum Gasteiger partial charge on any atom is -0.466 e. The molecular formula is C10H12FNO2. The second kappa shape index (κ2) is 4.19. The van der Waals surface area contributed by atoms with Crippen molar-refractivity contribution in [2.75, 3.05) is 13.7 Å². The van der Waals surface area contributed by atoms with Crippen LogP contribution >= 0.6 is 0 Å². The van der Waals surface area contributed by atoms with E-state index in [1.807, 2.05) is 0 Å². The van der Waals surface area contributed by atoms with Gasteiger partial charge in [0.25, 0.3) is 0 Å². The van der Waals surface area contributed by atoms with Gasteiger partial charge in [0.15, 0.2) is 0 Å². The zero-order valence-electron chi connectivity index (χ0n) is 7.87. The van der Waals surface area contributed by atoms with Crippen LogP contribution in [0, 0.1) is 0 Å². The van der Waals surface area contributed by atoms with Crippen molar-refractivity contribution >= 4 is 5.97 Å². The molecule has 0 saturated carbocycles. The zero-order chi connectivity index (χ0) is 10.6. The average Bonchev–Trinajstić information content (AvgIpc) is 2.28. The molecular weight excluding hydrogens is 185 g/mol. The summed E-state index contributed by atoms with van der Waals surface area (Å²) >= 11 is 0. The molecule has 0 saturated heterocycles. The van der Waals surface area contributed by atoms with Crippen molar-refractivity contribution < 1.29 is 13.9 Å². The quantitative estimate of drug-likeness (QED) is 0.735. The molecule has 0 radical (unpaired) electrons. The van der Waals surface area contributed by atoms with Crippen molar-refractivity contribution in [3.63, 3.8) is 0 Å². The molecule has 1 aromatic rings. The lowest BCUT2D eigenvalue weighted by Crippen LogP contribution is -2.39. The Kier molecular flexibility index (Phi) is 3.19. The Balaban J connectivity index is 3.08. The topological polar surface area (TPSA) is 52.3 Å². The molecule has 0 bridgehead atoms. The normalized spacial score (nSPS) is 14.5. The van der Waals surface area contributed by atoms with Gasteiger partial charge in [0, 0.05) is 12.1 Å². The number of nitrogens with two attached hydrogens (primary N) is 1. The smallest absolute Gasteiger partial charge is 0.349 e. The molecule has 0 amide bonds. The van der Waals surface area contributed by atoms with Gasteiger partial charge in [-0.2, -0.15) is 0 Å². The molecule has 1 rings (SSSR count). The largest absolute Gasteiger partial charge is 0.466 e. The first kappa shape index (κ1) is 10.7. The minimum atomic E-state index is -2.24. The molecule has 0 aliphatic heterocycles. The number of alkyl halides is 1. The third-order valence-electron chi connectivity index (χ3n) is 2.02. The first-order valence-corrected chi connectivity index (χ1v) is 4.18. The summed E-state index contributed by atoms with van der Waals surface area (Å²) in [5, 5.41) is 0. The summed E-state index contributed by atoms with van der Waals surface area (Å²) in [6.45, 7) is -0.427. The Labute approximate surface area is 81.7 Å². The SMILES string of the molecule is COC(=O)C(F)(CN)c1ccccc1. The molecule has 1 atom stereocenters. The number of benzene rings is 1. The lowest BCUT2D eigenvalue weighted by molar-refractivity contribution is -0.154. The Morgan fingerprint density at radius 1 is 1.50 bits per heavy atom. The molecule has 0 heterocycles. The number of carbonyl (C=O) groups is 1. The molecule has 2 N–H and O–H groups in total. The van der Waals surface area contributed by atoms with Crippen molar-refractivity contribution in [1.29, 1.82) is 0 Å². The Hall–Kier alpha value is -1.42. The lowest BCUT2D eigenvalue weighted by atomic mass is 9.96. The van der Waals surface area contributed by atoms with Crippen LogP contribution in [0.4, 0.5) is 4.39 Å². The molecule has 0 aliphatic carbocycles. The van der Waals surface area contributed by atoms with Gasteiger partial charge in [0.2, 0.25) is 5.67 Å². The monoisotopic (exact) mass is 197 g/mol. The fourth-order valence-corrected chi connectivity index (χ4v) is 1.18. The van der Waals surface area contributed by atoms with E-state index in [4.69, 9.17) is 5.73 Å². The van der Waals surface area contributed by atoms with Gasteiger partial charge in [0.1, 0.15) is 0 Å². The van der Waals surface area contributed by atoms with Crippen LogP contribution < -0.4 is 5.73 Å². The first-order valence-electron chi connectivity index (χ1n) is 4.18. The third kappa shape index (κ3) is 1.75. The van der Waals surface area contributed by atoms with Crippen molar-refractivity contribution in [2.45, 2.75) is 5.67 Å². The summed E-state index contributed by atoms with van der Waals surface area (Å²) in [4.78, 5) is 11.2. The van der Waals surface area contributed by atoms with Gasteiger partial charge in [-0.05, 0) is 0 Å². The highest BCUT2D eigenvalue weighted by Gasteiger charge is 2.40. The van der Waals surface area contributed by atoms with Crippen LogP contribution in [0.2, 0.25) is 0 Å². The Morgan fingerprint density at radius 2 is 2.07 bits per heavy atom. The highest BCUT2D eigenvalue weighted by molar-refractivity contribution is 5.81. The van der Waals surface area contributed by atoms with Crippen molar-refractivity contribution in [3.8, 4) is 0 Å². The van der Waals surface area contributed by atoms with Crippen LogP contribution in [0.3, 0.4) is 0 Å². The maximum absolute atomic E-state index is 14.0. The Bertz CT molecular complexity index is 315. The molecule has 4 heteroatoms. The first-order chi connectivity index (χ1) is 6.65. The minimum absolute atomic E-state index is 0.217. The van der Waals surface area contributed by atoms with Crippen molar-refractivity contribution in [3.05, 3.63) is 35.9 Å². The van der Waals surface area contributed by atoms with E-state index in [0.717, 1.165) is 7.11 Å². The van der Waals surface area contributed by atoms with E-state index in [0.29, 0.717) is 0 Å². The van der Waals surface area contributed by atoms with Gasteiger partial charge >= 0.3 is 5.97 Å². The summed E-state index contributed by atoms with van der Waals surface area (Å²) in [5.41, 5.74) is 3.22. The number of carbonyl (C=O) groups excluding carboxylic acids is 1. The maximum Gasteiger partial charge on any atom is 0.349 e. The predicted octanol–water partition coefficient (Wildman–Crippen LogP) is 0.983. The fraction of sp³-hybridized carbons (Fsp3) is 0.300. The predicted molar refractivity (Wildman–Crippen MR) is 50.3 cm³/mol.